The number of fused-ring (bicyclic) bond motifs is 1. The molecule has 0 bridgehead atoms. The van der Waals surface area contributed by atoms with E-state index >= 15 is 0 Å². The Kier molecular flexibility index (Phi) is 3.33. The lowest BCUT2D eigenvalue weighted by molar-refractivity contribution is -0.124. The molecule has 1 aromatic carbocycles. The van der Waals surface area contributed by atoms with Crippen LogP contribution in [0.15, 0.2) is 36.4 Å². The van der Waals surface area contributed by atoms with Crippen molar-refractivity contribution in [2.45, 2.75) is 20.3 Å². The van der Waals surface area contributed by atoms with E-state index < -0.39 is 0 Å². The topological polar surface area (TPSA) is 54.0 Å². The largest absolute Gasteiger partial charge is 0.340 e. The number of anilines is 3. The summed E-state index contributed by atoms with van der Waals surface area (Å²) in [5, 5.41) is 6.62. The summed E-state index contributed by atoms with van der Waals surface area (Å²) in [5.74, 6) is 0.758. The van der Waals surface area contributed by atoms with Crippen LogP contribution in [0.4, 0.5) is 17.2 Å². The van der Waals surface area contributed by atoms with Gasteiger partial charge in [0.25, 0.3) is 0 Å². The zero-order valence-electron chi connectivity index (χ0n) is 11.9. The second kappa shape index (κ2) is 5.04. The Morgan fingerprint density at radius 1 is 1.29 bits per heavy atom. The average molecular weight is 302 g/mol. The monoisotopic (exact) mass is 301 g/mol. The highest BCUT2D eigenvalue weighted by molar-refractivity contribution is 6.29. The Morgan fingerprint density at radius 2 is 2.10 bits per heavy atom. The number of pyridine rings is 1. The van der Waals surface area contributed by atoms with Gasteiger partial charge in [0.1, 0.15) is 11.0 Å². The summed E-state index contributed by atoms with van der Waals surface area (Å²) in [5.41, 5.74) is 2.53. The second-order valence-electron chi connectivity index (χ2n) is 5.86. The molecule has 3 rings (SSSR count). The van der Waals surface area contributed by atoms with E-state index in [1.807, 2.05) is 44.2 Å². The van der Waals surface area contributed by atoms with Gasteiger partial charge in [-0.05, 0) is 42.3 Å². The fourth-order valence-corrected chi connectivity index (χ4v) is 2.58. The lowest BCUT2D eigenvalue weighted by atomic mass is 9.81. The third-order valence-electron chi connectivity index (χ3n) is 3.59. The minimum absolute atomic E-state index is 0.0622. The molecule has 0 aliphatic carbocycles. The summed E-state index contributed by atoms with van der Waals surface area (Å²) in [7, 11) is 0. The summed E-state index contributed by atoms with van der Waals surface area (Å²) < 4.78 is 0. The van der Waals surface area contributed by atoms with Crippen molar-refractivity contribution >= 4 is 34.7 Å². The van der Waals surface area contributed by atoms with Crippen LogP contribution in [0.2, 0.25) is 5.15 Å². The maximum atomic E-state index is 11.9. The molecule has 0 radical (unpaired) electrons. The van der Waals surface area contributed by atoms with Crippen molar-refractivity contribution in [1.29, 1.82) is 0 Å². The van der Waals surface area contributed by atoms with Gasteiger partial charge < -0.3 is 10.6 Å². The van der Waals surface area contributed by atoms with Crippen molar-refractivity contribution in [1.82, 2.24) is 4.98 Å². The molecular formula is C16H16ClN3O. The number of carbonyl (C=O) groups excluding carboxylic acids is 1. The van der Waals surface area contributed by atoms with Crippen molar-refractivity contribution in [3.8, 4) is 0 Å². The molecule has 2 aromatic rings. The standard InChI is InChI=1S/C16H16ClN3O/c1-16(2)9-10-8-11(6-7-12(10)19-15(16)21)18-14-5-3-4-13(17)20-14/h3-8H,9H2,1-2H3,(H,18,20)(H,19,21). The molecule has 1 aromatic heterocycles. The summed E-state index contributed by atoms with van der Waals surface area (Å²) in [6, 6.07) is 11.3. The number of hydrogen-bond acceptors (Lipinski definition) is 3. The van der Waals surface area contributed by atoms with Crippen LogP contribution in [0, 0.1) is 5.41 Å². The van der Waals surface area contributed by atoms with Gasteiger partial charge in [-0.25, -0.2) is 4.98 Å². The Labute approximate surface area is 128 Å². The smallest absolute Gasteiger partial charge is 0.230 e. The molecule has 0 saturated heterocycles. The fourth-order valence-electron chi connectivity index (χ4n) is 2.41. The van der Waals surface area contributed by atoms with Gasteiger partial charge in [-0.3, -0.25) is 4.79 Å². The molecule has 108 valence electrons. The summed E-state index contributed by atoms with van der Waals surface area (Å²) in [6.45, 7) is 3.90. The number of halogens is 1. The van der Waals surface area contributed by atoms with Gasteiger partial charge in [-0.15, -0.1) is 0 Å². The van der Waals surface area contributed by atoms with E-state index in [2.05, 4.69) is 15.6 Å². The van der Waals surface area contributed by atoms with Crippen LogP contribution >= 0.6 is 11.6 Å². The number of amides is 1. The first-order valence-electron chi connectivity index (χ1n) is 6.78. The predicted octanol–water partition coefficient (Wildman–Crippen LogP) is 4.00. The van der Waals surface area contributed by atoms with E-state index in [-0.39, 0.29) is 11.3 Å². The normalized spacial score (nSPS) is 16.0. The molecule has 0 saturated carbocycles. The molecule has 4 nitrogen and oxygen atoms in total. The molecular weight excluding hydrogens is 286 g/mol. The molecule has 0 spiro atoms. The molecule has 2 N–H and O–H groups in total. The van der Waals surface area contributed by atoms with Gasteiger partial charge in [0.05, 0.1) is 0 Å². The quantitative estimate of drug-likeness (QED) is 0.824. The van der Waals surface area contributed by atoms with E-state index in [0.717, 1.165) is 16.9 Å². The van der Waals surface area contributed by atoms with Gasteiger partial charge in [-0.2, -0.15) is 0 Å². The van der Waals surface area contributed by atoms with Crippen molar-refractivity contribution < 1.29 is 4.79 Å². The number of carbonyl (C=O) groups is 1. The van der Waals surface area contributed by atoms with Gasteiger partial charge in [0.15, 0.2) is 0 Å². The summed E-state index contributed by atoms with van der Waals surface area (Å²) in [6.07, 6.45) is 0.715. The first kappa shape index (κ1) is 13.9. The van der Waals surface area contributed by atoms with Crippen LogP contribution in [-0.2, 0) is 11.2 Å². The maximum absolute atomic E-state index is 11.9. The minimum atomic E-state index is -0.389. The Bertz CT molecular complexity index is 712. The highest BCUT2D eigenvalue weighted by atomic mass is 35.5. The molecule has 1 amide bonds. The molecule has 21 heavy (non-hydrogen) atoms. The molecule has 1 aliphatic heterocycles. The number of nitrogens with zero attached hydrogens (tertiary/aromatic N) is 1. The average Bonchev–Trinajstić information content (AvgIpc) is 2.40. The zero-order valence-corrected chi connectivity index (χ0v) is 12.7. The fraction of sp³-hybridized carbons (Fsp3) is 0.250. The minimum Gasteiger partial charge on any atom is -0.340 e. The van der Waals surface area contributed by atoms with Crippen molar-refractivity contribution in [3.63, 3.8) is 0 Å². The van der Waals surface area contributed by atoms with E-state index in [0.29, 0.717) is 17.4 Å². The van der Waals surface area contributed by atoms with Crippen molar-refractivity contribution in [2.75, 3.05) is 10.6 Å². The highest BCUT2D eigenvalue weighted by Gasteiger charge is 2.33. The number of aromatic nitrogens is 1. The summed E-state index contributed by atoms with van der Waals surface area (Å²) in [4.78, 5) is 16.1. The van der Waals surface area contributed by atoms with Gasteiger partial charge >= 0.3 is 0 Å². The molecule has 0 atom stereocenters. The molecule has 5 heteroatoms. The van der Waals surface area contributed by atoms with Gasteiger partial charge in [0.2, 0.25) is 5.91 Å². The number of benzene rings is 1. The third-order valence-corrected chi connectivity index (χ3v) is 3.80. The highest BCUT2D eigenvalue weighted by Crippen LogP contribution is 2.35. The SMILES string of the molecule is CC1(C)Cc2cc(Nc3cccc(Cl)n3)ccc2NC1=O. The van der Waals surface area contributed by atoms with E-state index in [9.17, 15) is 4.79 Å². The van der Waals surface area contributed by atoms with Gasteiger partial charge in [0, 0.05) is 16.8 Å². The van der Waals surface area contributed by atoms with Crippen molar-refractivity contribution in [2.24, 2.45) is 5.41 Å². The Hall–Kier alpha value is -2.07. The predicted molar refractivity (Wildman–Crippen MR) is 85.1 cm³/mol. The molecule has 0 unspecified atom stereocenters. The van der Waals surface area contributed by atoms with Gasteiger partial charge in [-0.1, -0.05) is 31.5 Å². The first-order valence-corrected chi connectivity index (χ1v) is 7.16. The summed E-state index contributed by atoms with van der Waals surface area (Å²) >= 11 is 5.88. The van der Waals surface area contributed by atoms with Crippen LogP contribution in [0.5, 0.6) is 0 Å². The van der Waals surface area contributed by atoms with Crippen LogP contribution in [0.1, 0.15) is 19.4 Å². The first-order chi connectivity index (χ1) is 9.94. The zero-order chi connectivity index (χ0) is 15.0. The van der Waals surface area contributed by atoms with E-state index in [1.165, 1.54) is 0 Å². The number of rotatable bonds is 2. The van der Waals surface area contributed by atoms with Crippen LogP contribution in [-0.4, -0.2) is 10.9 Å². The van der Waals surface area contributed by atoms with Crippen LogP contribution in [0.3, 0.4) is 0 Å². The van der Waals surface area contributed by atoms with E-state index in [4.69, 9.17) is 11.6 Å². The number of nitrogens with one attached hydrogen (secondary N) is 2. The maximum Gasteiger partial charge on any atom is 0.230 e. The van der Waals surface area contributed by atoms with Crippen LogP contribution in [0.25, 0.3) is 0 Å². The third kappa shape index (κ3) is 2.85. The Balaban J connectivity index is 1.88. The molecule has 0 fully saturated rings. The van der Waals surface area contributed by atoms with Crippen molar-refractivity contribution in [3.05, 3.63) is 47.1 Å². The van der Waals surface area contributed by atoms with Crippen LogP contribution < -0.4 is 10.6 Å². The lowest BCUT2D eigenvalue weighted by Gasteiger charge is -2.30. The molecule has 1 aliphatic rings. The Morgan fingerprint density at radius 3 is 2.86 bits per heavy atom. The second-order valence-corrected chi connectivity index (χ2v) is 6.24. The van der Waals surface area contributed by atoms with E-state index in [1.54, 1.807) is 6.07 Å². The number of hydrogen-bond donors (Lipinski definition) is 2. The molecule has 2 heterocycles. The lowest BCUT2D eigenvalue weighted by Crippen LogP contribution is -2.37.